The molecule has 0 spiro atoms. The summed E-state index contributed by atoms with van der Waals surface area (Å²) in [6, 6.07) is 2.10. The highest BCUT2D eigenvalue weighted by Crippen LogP contribution is 2.37. The van der Waals surface area contributed by atoms with E-state index in [0.29, 0.717) is 13.0 Å². The summed E-state index contributed by atoms with van der Waals surface area (Å²) in [5, 5.41) is 15.1. The molecule has 1 aliphatic carbocycles. The number of ether oxygens (including phenoxy) is 1. The Morgan fingerprint density at radius 3 is 2.63 bits per heavy atom. The largest absolute Gasteiger partial charge is 0.390 e. The number of hydrogen-bond acceptors (Lipinski definition) is 3. The van der Waals surface area contributed by atoms with Crippen LogP contribution in [0.4, 0.5) is 0 Å². The first-order valence-corrected chi connectivity index (χ1v) is 7.45. The van der Waals surface area contributed by atoms with Crippen LogP contribution in [-0.2, 0) is 24.6 Å². The minimum atomic E-state index is -0.435. The van der Waals surface area contributed by atoms with Crippen molar-refractivity contribution in [2.45, 2.75) is 64.1 Å². The zero-order valence-corrected chi connectivity index (χ0v) is 12.4. The third kappa shape index (κ3) is 3.00. The van der Waals surface area contributed by atoms with E-state index in [4.69, 9.17) is 4.74 Å². The summed E-state index contributed by atoms with van der Waals surface area (Å²) in [6.45, 7) is 4.77. The lowest BCUT2D eigenvalue weighted by Crippen LogP contribution is -2.44. The van der Waals surface area contributed by atoms with Gasteiger partial charge in [-0.2, -0.15) is 5.10 Å². The third-order valence-corrected chi connectivity index (χ3v) is 4.28. The molecule has 1 aliphatic rings. The summed E-state index contributed by atoms with van der Waals surface area (Å²) in [6.07, 6.45) is 5.38. The highest BCUT2D eigenvalue weighted by Gasteiger charge is 2.41. The Kier molecular flexibility index (Phi) is 4.63. The first-order chi connectivity index (χ1) is 9.11. The Morgan fingerprint density at radius 2 is 2.11 bits per heavy atom. The van der Waals surface area contributed by atoms with Gasteiger partial charge in [-0.05, 0) is 32.3 Å². The molecule has 0 bridgehead atoms. The Bertz CT molecular complexity index is 408. The number of aryl methyl sites for hydroxylation is 2. The summed E-state index contributed by atoms with van der Waals surface area (Å²) in [4.78, 5) is 0. The summed E-state index contributed by atoms with van der Waals surface area (Å²) in [7, 11) is 1.95. The maximum absolute atomic E-state index is 10.6. The van der Waals surface area contributed by atoms with Gasteiger partial charge in [0.1, 0.15) is 0 Å². The van der Waals surface area contributed by atoms with Crippen LogP contribution in [0.5, 0.6) is 0 Å². The topological polar surface area (TPSA) is 47.3 Å². The average molecular weight is 266 g/mol. The molecule has 1 saturated carbocycles. The molecule has 0 aliphatic heterocycles. The number of aliphatic hydroxyl groups is 1. The summed E-state index contributed by atoms with van der Waals surface area (Å²) < 4.78 is 7.80. The highest BCUT2D eigenvalue weighted by molar-refractivity contribution is 5.12. The van der Waals surface area contributed by atoms with Crippen molar-refractivity contribution in [1.82, 2.24) is 9.78 Å². The average Bonchev–Trinajstić information content (AvgIpc) is 2.99. The molecular formula is C15H26N2O2. The van der Waals surface area contributed by atoms with Crippen LogP contribution in [0.15, 0.2) is 6.07 Å². The van der Waals surface area contributed by atoms with E-state index in [1.54, 1.807) is 0 Å². The van der Waals surface area contributed by atoms with Crippen molar-refractivity contribution in [1.29, 1.82) is 0 Å². The zero-order valence-electron chi connectivity index (χ0n) is 12.4. The van der Waals surface area contributed by atoms with Gasteiger partial charge in [-0.1, -0.05) is 19.8 Å². The molecule has 0 radical (unpaired) electrons. The molecule has 1 N–H and O–H groups in total. The fourth-order valence-electron chi connectivity index (χ4n) is 3.15. The molecule has 0 aromatic carbocycles. The van der Waals surface area contributed by atoms with E-state index in [1.807, 2.05) is 18.7 Å². The van der Waals surface area contributed by atoms with E-state index >= 15 is 0 Å². The van der Waals surface area contributed by atoms with Crippen LogP contribution in [0.1, 0.15) is 50.9 Å². The van der Waals surface area contributed by atoms with Gasteiger partial charge in [0.15, 0.2) is 0 Å². The lowest BCUT2D eigenvalue weighted by molar-refractivity contribution is -0.116. The van der Waals surface area contributed by atoms with Gasteiger partial charge in [0.25, 0.3) is 0 Å². The Balaban J connectivity index is 2.10. The SMILES string of the molecule is CCOC1(C(O)Cc2cc(CC)nn2C)CCCC1. The number of rotatable bonds is 6. The lowest BCUT2D eigenvalue weighted by Gasteiger charge is -2.34. The molecule has 1 aromatic heterocycles. The van der Waals surface area contributed by atoms with E-state index in [9.17, 15) is 5.11 Å². The molecule has 19 heavy (non-hydrogen) atoms. The monoisotopic (exact) mass is 266 g/mol. The molecule has 4 nitrogen and oxygen atoms in total. The van der Waals surface area contributed by atoms with Gasteiger partial charge in [-0.3, -0.25) is 4.68 Å². The molecular weight excluding hydrogens is 240 g/mol. The standard InChI is InChI=1S/C15H26N2O2/c1-4-12-10-13(17(3)16-12)11-14(18)15(19-5-2)8-6-7-9-15/h10,14,18H,4-9,11H2,1-3H3. The van der Waals surface area contributed by atoms with Crippen molar-refractivity contribution in [3.05, 3.63) is 17.5 Å². The van der Waals surface area contributed by atoms with Crippen LogP contribution >= 0.6 is 0 Å². The lowest BCUT2D eigenvalue weighted by atomic mass is 9.91. The van der Waals surface area contributed by atoms with Crippen molar-refractivity contribution in [3.63, 3.8) is 0 Å². The summed E-state index contributed by atoms with van der Waals surface area (Å²) in [5.74, 6) is 0. The van der Waals surface area contributed by atoms with Gasteiger partial charge in [-0.25, -0.2) is 0 Å². The molecule has 1 fully saturated rings. The molecule has 0 saturated heterocycles. The van der Waals surface area contributed by atoms with E-state index < -0.39 is 6.10 Å². The van der Waals surface area contributed by atoms with Crippen molar-refractivity contribution < 1.29 is 9.84 Å². The second kappa shape index (κ2) is 6.06. The second-order valence-corrected chi connectivity index (χ2v) is 5.53. The second-order valence-electron chi connectivity index (χ2n) is 5.53. The quantitative estimate of drug-likeness (QED) is 0.859. The normalized spacial score (nSPS) is 19.8. The van der Waals surface area contributed by atoms with E-state index in [2.05, 4.69) is 18.1 Å². The van der Waals surface area contributed by atoms with Gasteiger partial charge < -0.3 is 9.84 Å². The molecule has 2 rings (SSSR count). The summed E-state index contributed by atoms with van der Waals surface area (Å²) >= 11 is 0. The fourth-order valence-corrected chi connectivity index (χ4v) is 3.15. The number of nitrogens with zero attached hydrogens (tertiary/aromatic N) is 2. The Hall–Kier alpha value is -0.870. The van der Waals surface area contributed by atoms with Gasteiger partial charge >= 0.3 is 0 Å². The van der Waals surface area contributed by atoms with Crippen LogP contribution < -0.4 is 0 Å². The maximum atomic E-state index is 10.6. The predicted molar refractivity (Wildman–Crippen MR) is 75.1 cm³/mol. The van der Waals surface area contributed by atoms with Crippen molar-refractivity contribution in [2.24, 2.45) is 7.05 Å². The first-order valence-electron chi connectivity index (χ1n) is 7.45. The van der Waals surface area contributed by atoms with Gasteiger partial charge in [-0.15, -0.1) is 0 Å². The Labute approximate surface area is 115 Å². The Morgan fingerprint density at radius 1 is 1.42 bits per heavy atom. The summed E-state index contributed by atoms with van der Waals surface area (Å²) in [5.41, 5.74) is 1.85. The minimum absolute atomic E-state index is 0.328. The van der Waals surface area contributed by atoms with Crippen LogP contribution in [-0.4, -0.2) is 33.2 Å². The fraction of sp³-hybridized carbons (Fsp3) is 0.800. The number of hydrogen-bond donors (Lipinski definition) is 1. The molecule has 4 heteroatoms. The number of aromatic nitrogens is 2. The van der Waals surface area contributed by atoms with E-state index in [-0.39, 0.29) is 5.60 Å². The smallest absolute Gasteiger partial charge is 0.0943 e. The van der Waals surface area contributed by atoms with Crippen LogP contribution in [0, 0.1) is 0 Å². The van der Waals surface area contributed by atoms with E-state index in [1.165, 1.54) is 0 Å². The maximum Gasteiger partial charge on any atom is 0.0943 e. The molecule has 108 valence electrons. The highest BCUT2D eigenvalue weighted by atomic mass is 16.5. The van der Waals surface area contributed by atoms with E-state index in [0.717, 1.165) is 43.5 Å². The third-order valence-electron chi connectivity index (χ3n) is 4.28. The van der Waals surface area contributed by atoms with Crippen LogP contribution in [0.2, 0.25) is 0 Å². The molecule has 1 unspecified atom stereocenters. The van der Waals surface area contributed by atoms with Crippen molar-refractivity contribution in [3.8, 4) is 0 Å². The van der Waals surface area contributed by atoms with Crippen molar-refractivity contribution >= 4 is 0 Å². The van der Waals surface area contributed by atoms with Crippen LogP contribution in [0.25, 0.3) is 0 Å². The molecule has 1 atom stereocenters. The van der Waals surface area contributed by atoms with Crippen LogP contribution in [0.3, 0.4) is 0 Å². The zero-order chi connectivity index (χ0) is 13.9. The van der Waals surface area contributed by atoms with Crippen molar-refractivity contribution in [2.75, 3.05) is 6.61 Å². The number of aliphatic hydroxyl groups excluding tert-OH is 1. The first kappa shape index (κ1) is 14.5. The molecule has 0 amide bonds. The molecule has 1 aromatic rings. The molecule has 1 heterocycles. The van der Waals surface area contributed by atoms with Gasteiger partial charge in [0.2, 0.25) is 0 Å². The van der Waals surface area contributed by atoms with Gasteiger partial charge in [0.05, 0.1) is 17.4 Å². The van der Waals surface area contributed by atoms with Gasteiger partial charge in [0, 0.05) is 25.8 Å². The predicted octanol–water partition coefficient (Wildman–Crippen LogP) is 2.24. The minimum Gasteiger partial charge on any atom is -0.390 e.